The summed E-state index contributed by atoms with van der Waals surface area (Å²) in [5.74, 6) is -0.000181. The minimum absolute atomic E-state index is 0.00108. The highest BCUT2D eigenvalue weighted by molar-refractivity contribution is 7.92. The van der Waals surface area contributed by atoms with Crippen LogP contribution in [-0.2, 0) is 16.4 Å². The molecule has 0 saturated carbocycles. The van der Waals surface area contributed by atoms with Gasteiger partial charge in [0, 0.05) is 16.8 Å². The van der Waals surface area contributed by atoms with E-state index >= 15 is 0 Å². The van der Waals surface area contributed by atoms with Crippen LogP contribution in [0.5, 0.6) is 5.75 Å². The molecule has 0 spiro atoms. The van der Waals surface area contributed by atoms with Crippen LogP contribution in [0.25, 0.3) is 23.0 Å². The van der Waals surface area contributed by atoms with Gasteiger partial charge in [-0.1, -0.05) is 23.4 Å². The number of rotatable bonds is 7. The number of hydrogen-bond acceptors (Lipinski definition) is 7. The number of ether oxygens (including phenoxy) is 1. The van der Waals surface area contributed by atoms with Crippen molar-refractivity contribution in [3.8, 4) is 28.7 Å². The van der Waals surface area contributed by atoms with Gasteiger partial charge in [0.15, 0.2) is 5.69 Å². The summed E-state index contributed by atoms with van der Waals surface area (Å²) in [6, 6.07) is 11.7. The summed E-state index contributed by atoms with van der Waals surface area (Å²) >= 11 is 0. The van der Waals surface area contributed by atoms with E-state index in [1.165, 1.54) is 10.7 Å². The third-order valence-electron chi connectivity index (χ3n) is 4.86. The van der Waals surface area contributed by atoms with E-state index in [2.05, 4.69) is 20.0 Å². The van der Waals surface area contributed by atoms with Crippen LogP contribution >= 0.6 is 0 Å². The lowest BCUT2D eigenvalue weighted by molar-refractivity contribution is -0.0505. The fourth-order valence-corrected chi connectivity index (χ4v) is 3.90. The Labute approximate surface area is 194 Å². The molecule has 0 saturated heterocycles. The van der Waals surface area contributed by atoms with E-state index in [4.69, 9.17) is 4.52 Å². The van der Waals surface area contributed by atoms with Gasteiger partial charge in [0.25, 0.3) is 15.7 Å². The Hall–Kier alpha value is -3.81. The molecule has 35 heavy (non-hydrogen) atoms. The van der Waals surface area contributed by atoms with Crippen LogP contribution in [-0.4, -0.2) is 40.5 Å². The maximum absolute atomic E-state index is 12.7. The maximum atomic E-state index is 12.7. The largest absolute Gasteiger partial charge is 0.501 e. The molecule has 0 radical (unpaired) electrons. The molecule has 14 heteroatoms. The number of benzene rings is 2. The minimum atomic E-state index is -5.48. The molecule has 184 valence electrons. The number of para-hydroxylation sites is 1. The summed E-state index contributed by atoms with van der Waals surface area (Å²) in [7, 11) is -5.48. The molecule has 0 amide bonds. The van der Waals surface area contributed by atoms with Gasteiger partial charge in [-0.05, 0) is 43.3 Å². The molecule has 4 rings (SSSR count). The predicted octanol–water partition coefficient (Wildman–Crippen LogP) is 4.85. The average molecular weight is 514 g/mol. The van der Waals surface area contributed by atoms with Gasteiger partial charge in [0.05, 0.1) is 11.4 Å². The van der Waals surface area contributed by atoms with E-state index in [1.807, 2.05) is 0 Å². The minimum Gasteiger partial charge on any atom is -0.434 e. The van der Waals surface area contributed by atoms with E-state index in [0.29, 0.717) is 11.3 Å². The second-order valence-electron chi connectivity index (χ2n) is 7.21. The van der Waals surface area contributed by atoms with Gasteiger partial charge in [-0.25, -0.2) is 8.42 Å². The first-order valence-electron chi connectivity index (χ1n) is 9.79. The monoisotopic (exact) mass is 514 g/mol. The Morgan fingerprint density at radius 2 is 1.77 bits per heavy atom. The fraction of sp³-hybridized carbons (Fsp3) is 0.190. The molecular weight excluding hydrogens is 499 g/mol. The van der Waals surface area contributed by atoms with Crippen molar-refractivity contribution in [1.29, 1.82) is 0 Å². The molecule has 2 aromatic heterocycles. The van der Waals surface area contributed by atoms with Crippen molar-refractivity contribution in [2.24, 2.45) is 0 Å². The van der Waals surface area contributed by atoms with Gasteiger partial charge < -0.3 is 9.26 Å². The summed E-state index contributed by atoms with van der Waals surface area (Å²) in [5, 5.41) is 8.11. The third-order valence-corrected chi connectivity index (χ3v) is 6.36. The van der Waals surface area contributed by atoms with Crippen molar-refractivity contribution < 1.29 is 39.6 Å². The first-order chi connectivity index (χ1) is 16.5. The van der Waals surface area contributed by atoms with E-state index in [-0.39, 0.29) is 35.3 Å². The van der Waals surface area contributed by atoms with Crippen molar-refractivity contribution in [2.45, 2.75) is 30.5 Å². The van der Waals surface area contributed by atoms with E-state index in [1.54, 1.807) is 31.2 Å². The first kappa shape index (κ1) is 24.3. The van der Waals surface area contributed by atoms with Crippen LogP contribution in [0.4, 0.5) is 22.0 Å². The zero-order valence-corrected chi connectivity index (χ0v) is 18.5. The highest BCUT2D eigenvalue weighted by Crippen LogP contribution is 2.31. The Balaban J connectivity index is 1.56. The number of hydrogen-bond donors (Lipinski definition) is 0. The molecule has 2 aromatic carbocycles. The lowest BCUT2D eigenvalue weighted by Gasteiger charge is -2.11. The first-order valence-corrected chi connectivity index (χ1v) is 11.3. The number of halogens is 5. The SMILES string of the molecule is Cc1cc(-c2nc(-c3ccc(S(=O)(=O)C(F)(F)F)cc3)no2)nn1Cc1ccccc1OC(F)F. The van der Waals surface area contributed by atoms with Gasteiger partial charge in [0.2, 0.25) is 5.82 Å². The summed E-state index contributed by atoms with van der Waals surface area (Å²) in [6.07, 6.45) is 0. The van der Waals surface area contributed by atoms with Crippen LogP contribution in [0.1, 0.15) is 11.3 Å². The van der Waals surface area contributed by atoms with Gasteiger partial charge in [-0.15, -0.1) is 0 Å². The summed E-state index contributed by atoms with van der Waals surface area (Å²) in [6.45, 7) is -1.14. The van der Waals surface area contributed by atoms with Gasteiger partial charge in [-0.2, -0.15) is 32.0 Å². The molecule has 8 nitrogen and oxygen atoms in total. The Morgan fingerprint density at radius 3 is 2.43 bits per heavy atom. The molecule has 0 unspecified atom stereocenters. The lowest BCUT2D eigenvalue weighted by atomic mass is 10.2. The van der Waals surface area contributed by atoms with Crippen molar-refractivity contribution in [1.82, 2.24) is 19.9 Å². The van der Waals surface area contributed by atoms with E-state index < -0.39 is 26.9 Å². The number of alkyl halides is 5. The number of aromatic nitrogens is 4. The van der Waals surface area contributed by atoms with E-state index in [9.17, 15) is 30.4 Å². The molecule has 0 bridgehead atoms. The number of sulfone groups is 1. The predicted molar refractivity (Wildman–Crippen MR) is 111 cm³/mol. The second-order valence-corrected chi connectivity index (χ2v) is 9.15. The van der Waals surface area contributed by atoms with Crippen molar-refractivity contribution in [3.05, 3.63) is 65.9 Å². The van der Waals surface area contributed by atoms with Gasteiger partial charge >= 0.3 is 12.1 Å². The maximum Gasteiger partial charge on any atom is 0.501 e. The molecular formula is C21H15F5N4O4S. The second kappa shape index (κ2) is 9.09. The topological polar surface area (TPSA) is 100 Å². The van der Waals surface area contributed by atoms with Crippen LogP contribution in [0.15, 0.2) is 64.0 Å². The summed E-state index contributed by atoms with van der Waals surface area (Å²) in [4.78, 5) is 3.25. The standard InChI is InChI=1S/C21H15F5N4O4S/c1-12-10-16(28-30(12)11-14-4-2-3-5-17(14)33-20(22)23)19-27-18(29-34-19)13-6-8-15(9-7-13)35(31,32)21(24,25)26/h2-10,20H,11H2,1H3. The molecule has 0 aliphatic heterocycles. The number of aryl methyl sites for hydroxylation is 1. The smallest absolute Gasteiger partial charge is 0.434 e. The quantitative estimate of drug-likeness (QED) is 0.325. The zero-order valence-electron chi connectivity index (χ0n) is 17.7. The Morgan fingerprint density at radius 1 is 1.09 bits per heavy atom. The molecule has 0 N–H and O–H groups in total. The Kier molecular flexibility index (Phi) is 6.32. The highest BCUT2D eigenvalue weighted by atomic mass is 32.2. The lowest BCUT2D eigenvalue weighted by Crippen LogP contribution is -2.23. The van der Waals surface area contributed by atoms with Crippen LogP contribution in [0.2, 0.25) is 0 Å². The third kappa shape index (κ3) is 5.01. The van der Waals surface area contributed by atoms with E-state index in [0.717, 1.165) is 24.3 Å². The van der Waals surface area contributed by atoms with Crippen LogP contribution in [0.3, 0.4) is 0 Å². The molecule has 0 atom stereocenters. The number of nitrogens with zero attached hydrogens (tertiary/aromatic N) is 4. The fourth-order valence-electron chi connectivity index (χ4n) is 3.14. The highest BCUT2D eigenvalue weighted by Gasteiger charge is 2.46. The molecule has 0 aliphatic carbocycles. The van der Waals surface area contributed by atoms with Crippen molar-refractivity contribution >= 4 is 9.84 Å². The normalized spacial score (nSPS) is 12.3. The van der Waals surface area contributed by atoms with Gasteiger partial charge in [0.1, 0.15) is 5.75 Å². The van der Waals surface area contributed by atoms with Gasteiger partial charge in [-0.3, -0.25) is 4.68 Å². The van der Waals surface area contributed by atoms with Crippen LogP contribution < -0.4 is 4.74 Å². The summed E-state index contributed by atoms with van der Waals surface area (Å²) < 4.78 is 97.7. The average Bonchev–Trinajstić information content (AvgIpc) is 3.41. The summed E-state index contributed by atoms with van der Waals surface area (Å²) in [5.41, 5.74) is -3.82. The molecule has 4 aromatic rings. The molecule has 0 aliphatic rings. The van der Waals surface area contributed by atoms with Crippen molar-refractivity contribution in [2.75, 3.05) is 0 Å². The molecule has 0 fully saturated rings. The van der Waals surface area contributed by atoms with Crippen molar-refractivity contribution in [3.63, 3.8) is 0 Å². The van der Waals surface area contributed by atoms with Crippen LogP contribution in [0, 0.1) is 6.92 Å². The zero-order chi connectivity index (χ0) is 25.4. The Bertz CT molecular complexity index is 1450. The molecule has 2 heterocycles.